The van der Waals surface area contributed by atoms with Gasteiger partial charge in [0.15, 0.2) is 0 Å². The highest BCUT2D eigenvalue weighted by molar-refractivity contribution is 5.77. The van der Waals surface area contributed by atoms with Crippen molar-refractivity contribution in [2.75, 3.05) is 6.54 Å². The van der Waals surface area contributed by atoms with Gasteiger partial charge in [-0.05, 0) is 11.8 Å². The molecule has 112 valence electrons. The molecular formula is C14H28N2O3. The summed E-state index contributed by atoms with van der Waals surface area (Å²) in [6.07, 6.45) is 1.00. The molecule has 0 fully saturated rings. The van der Waals surface area contributed by atoms with Gasteiger partial charge in [0.05, 0.1) is 6.42 Å². The highest BCUT2D eigenvalue weighted by Crippen LogP contribution is 2.22. The molecule has 0 aromatic heterocycles. The molecular weight excluding hydrogens is 244 g/mol. The molecule has 0 aromatic carbocycles. The minimum absolute atomic E-state index is 0.0103. The van der Waals surface area contributed by atoms with Crippen molar-refractivity contribution in [3.8, 4) is 0 Å². The van der Waals surface area contributed by atoms with Crippen LogP contribution >= 0.6 is 0 Å². The Morgan fingerprint density at radius 1 is 1.21 bits per heavy atom. The Bertz CT molecular complexity index is 296. The molecule has 19 heavy (non-hydrogen) atoms. The number of hydrogen-bond donors (Lipinski definition) is 3. The standard InChI is InChI=1S/C14H28N2O3/c1-10(2)15-7-6-12(17)16-11(8-13(18)19)9-14(3,4)5/h10-11,15H,6-9H2,1-5H3,(H,16,17)(H,18,19). The maximum absolute atomic E-state index is 11.8. The van der Waals surface area contributed by atoms with Gasteiger partial charge in [-0.15, -0.1) is 0 Å². The van der Waals surface area contributed by atoms with E-state index >= 15 is 0 Å². The molecule has 1 unspecified atom stereocenters. The molecule has 0 rings (SSSR count). The summed E-state index contributed by atoms with van der Waals surface area (Å²) in [4.78, 5) is 22.6. The highest BCUT2D eigenvalue weighted by atomic mass is 16.4. The van der Waals surface area contributed by atoms with Crippen molar-refractivity contribution in [2.45, 2.75) is 66.0 Å². The predicted octanol–water partition coefficient (Wildman–Crippen LogP) is 1.77. The molecule has 3 N–H and O–H groups in total. The molecule has 0 aromatic rings. The second-order valence-corrected chi connectivity index (χ2v) is 6.49. The Morgan fingerprint density at radius 2 is 1.79 bits per heavy atom. The summed E-state index contributed by atoms with van der Waals surface area (Å²) in [5.74, 6) is -0.974. The van der Waals surface area contributed by atoms with Crippen molar-refractivity contribution < 1.29 is 14.7 Å². The van der Waals surface area contributed by atoms with Gasteiger partial charge in [-0.1, -0.05) is 34.6 Å². The van der Waals surface area contributed by atoms with Crippen LogP contribution < -0.4 is 10.6 Å². The van der Waals surface area contributed by atoms with Crippen molar-refractivity contribution in [1.82, 2.24) is 10.6 Å². The Balaban J connectivity index is 4.23. The van der Waals surface area contributed by atoms with Crippen LogP contribution in [0.3, 0.4) is 0 Å². The topological polar surface area (TPSA) is 78.4 Å². The minimum atomic E-state index is -0.880. The summed E-state index contributed by atoms with van der Waals surface area (Å²) in [6, 6.07) is 0.0428. The van der Waals surface area contributed by atoms with E-state index in [1.54, 1.807) is 0 Å². The quantitative estimate of drug-likeness (QED) is 0.629. The monoisotopic (exact) mass is 272 g/mol. The zero-order chi connectivity index (χ0) is 15.1. The first-order valence-corrected chi connectivity index (χ1v) is 6.84. The summed E-state index contributed by atoms with van der Waals surface area (Å²) in [5.41, 5.74) is -0.0103. The van der Waals surface area contributed by atoms with Crippen LogP contribution in [-0.2, 0) is 9.59 Å². The predicted molar refractivity (Wildman–Crippen MR) is 76.0 cm³/mol. The molecule has 0 spiro atoms. The lowest BCUT2D eigenvalue weighted by molar-refractivity contribution is -0.137. The second-order valence-electron chi connectivity index (χ2n) is 6.49. The first-order valence-electron chi connectivity index (χ1n) is 6.84. The number of amides is 1. The lowest BCUT2D eigenvalue weighted by atomic mass is 9.87. The molecule has 5 heteroatoms. The van der Waals surface area contributed by atoms with Crippen LogP contribution in [0.15, 0.2) is 0 Å². The van der Waals surface area contributed by atoms with Crippen molar-refractivity contribution >= 4 is 11.9 Å². The third-order valence-corrected chi connectivity index (χ3v) is 2.55. The largest absolute Gasteiger partial charge is 0.481 e. The van der Waals surface area contributed by atoms with Crippen molar-refractivity contribution in [2.24, 2.45) is 5.41 Å². The number of rotatable bonds is 8. The third-order valence-electron chi connectivity index (χ3n) is 2.55. The average Bonchev–Trinajstić information content (AvgIpc) is 2.12. The molecule has 1 atom stereocenters. The van der Waals surface area contributed by atoms with Gasteiger partial charge in [-0.2, -0.15) is 0 Å². The van der Waals surface area contributed by atoms with Crippen LogP contribution in [0.5, 0.6) is 0 Å². The van der Waals surface area contributed by atoms with Gasteiger partial charge in [0.1, 0.15) is 0 Å². The maximum atomic E-state index is 11.8. The first-order chi connectivity index (χ1) is 8.60. The van der Waals surface area contributed by atoms with E-state index in [0.29, 0.717) is 25.4 Å². The van der Waals surface area contributed by atoms with Gasteiger partial charge in [0, 0.05) is 25.0 Å². The number of carbonyl (C=O) groups is 2. The molecule has 0 aliphatic heterocycles. The van der Waals surface area contributed by atoms with E-state index in [9.17, 15) is 9.59 Å². The average molecular weight is 272 g/mol. The number of nitrogens with one attached hydrogen (secondary N) is 2. The molecule has 0 bridgehead atoms. The number of carbonyl (C=O) groups excluding carboxylic acids is 1. The Kier molecular flexibility index (Phi) is 7.68. The molecule has 0 saturated heterocycles. The smallest absolute Gasteiger partial charge is 0.305 e. The first kappa shape index (κ1) is 17.9. The summed E-state index contributed by atoms with van der Waals surface area (Å²) in [6.45, 7) is 10.8. The minimum Gasteiger partial charge on any atom is -0.481 e. The van der Waals surface area contributed by atoms with Crippen molar-refractivity contribution in [3.63, 3.8) is 0 Å². The van der Waals surface area contributed by atoms with Crippen LogP contribution in [0.4, 0.5) is 0 Å². The number of hydrogen-bond acceptors (Lipinski definition) is 3. The zero-order valence-electron chi connectivity index (χ0n) is 12.7. The number of carboxylic acid groups (broad SMARTS) is 1. The summed E-state index contributed by atoms with van der Waals surface area (Å²) < 4.78 is 0. The summed E-state index contributed by atoms with van der Waals surface area (Å²) >= 11 is 0. The molecule has 0 saturated carbocycles. The second kappa shape index (κ2) is 8.15. The Morgan fingerprint density at radius 3 is 2.21 bits per heavy atom. The lowest BCUT2D eigenvalue weighted by Gasteiger charge is -2.26. The fourth-order valence-electron chi connectivity index (χ4n) is 1.90. The molecule has 1 amide bonds. The van der Waals surface area contributed by atoms with E-state index in [1.165, 1.54) is 0 Å². The van der Waals surface area contributed by atoms with Crippen molar-refractivity contribution in [3.05, 3.63) is 0 Å². The third kappa shape index (κ3) is 11.7. The molecule has 0 heterocycles. The number of carboxylic acids is 1. The van der Waals surface area contributed by atoms with Crippen LogP contribution in [0.1, 0.15) is 53.9 Å². The fraction of sp³-hybridized carbons (Fsp3) is 0.857. The Hall–Kier alpha value is -1.10. The van der Waals surface area contributed by atoms with E-state index in [1.807, 2.05) is 34.6 Å². The van der Waals surface area contributed by atoms with Crippen LogP contribution in [-0.4, -0.2) is 35.6 Å². The molecule has 5 nitrogen and oxygen atoms in total. The summed E-state index contributed by atoms with van der Waals surface area (Å²) in [7, 11) is 0. The van der Waals surface area contributed by atoms with E-state index in [4.69, 9.17) is 5.11 Å². The molecule has 0 aliphatic carbocycles. The van der Waals surface area contributed by atoms with Crippen LogP contribution in [0, 0.1) is 5.41 Å². The SMILES string of the molecule is CC(C)NCCC(=O)NC(CC(=O)O)CC(C)(C)C. The van der Waals surface area contributed by atoms with Gasteiger partial charge < -0.3 is 15.7 Å². The lowest BCUT2D eigenvalue weighted by Crippen LogP contribution is -2.40. The van der Waals surface area contributed by atoms with Gasteiger partial charge in [-0.25, -0.2) is 0 Å². The normalized spacial score (nSPS) is 13.4. The maximum Gasteiger partial charge on any atom is 0.305 e. The van der Waals surface area contributed by atoms with Gasteiger partial charge >= 0.3 is 5.97 Å². The van der Waals surface area contributed by atoms with E-state index < -0.39 is 5.97 Å². The van der Waals surface area contributed by atoms with E-state index in [-0.39, 0.29) is 23.8 Å². The van der Waals surface area contributed by atoms with Gasteiger partial charge in [0.25, 0.3) is 0 Å². The summed E-state index contributed by atoms with van der Waals surface area (Å²) in [5, 5.41) is 14.9. The van der Waals surface area contributed by atoms with E-state index in [2.05, 4.69) is 10.6 Å². The Labute approximate surface area is 116 Å². The van der Waals surface area contributed by atoms with Gasteiger partial charge in [0.2, 0.25) is 5.91 Å². The van der Waals surface area contributed by atoms with Crippen LogP contribution in [0.2, 0.25) is 0 Å². The number of aliphatic carboxylic acids is 1. The fourth-order valence-corrected chi connectivity index (χ4v) is 1.90. The highest BCUT2D eigenvalue weighted by Gasteiger charge is 2.22. The van der Waals surface area contributed by atoms with Gasteiger partial charge in [-0.3, -0.25) is 9.59 Å². The van der Waals surface area contributed by atoms with Crippen molar-refractivity contribution in [1.29, 1.82) is 0 Å². The zero-order valence-corrected chi connectivity index (χ0v) is 12.7. The van der Waals surface area contributed by atoms with Crippen LogP contribution in [0.25, 0.3) is 0 Å². The molecule has 0 radical (unpaired) electrons. The molecule has 0 aliphatic rings. The van der Waals surface area contributed by atoms with E-state index in [0.717, 1.165) is 0 Å².